The van der Waals surface area contributed by atoms with Gasteiger partial charge in [-0.1, -0.05) is 11.1 Å². The van der Waals surface area contributed by atoms with Crippen molar-refractivity contribution in [3.05, 3.63) is 29.8 Å². The lowest BCUT2D eigenvalue weighted by Crippen LogP contribution is -2.16. The van der Waals surface area contributed by atoms with Crippen molar-refractivity contribution in [1.29, 1.82) is 0 Å². The third-order valence-electron chi connectivity index (χ3n) is 1.63. The smallest absolute Gasteiger partial charge is 0.410 e. The third-order valence-corrected chi connectivity index (χ3v) is 1.63. The predicted octanol–water partition coefficient (Wildman–Crippen LogP) is 2.79. The first-order valence-corrected chi connectivity index (χ1v) is 4.47. The van der Waals surface area contributed by atoms with Gasteiger partial charge in [0.15, 0.2) is 0 Å². The largest absolute Gasteiger partial charge is 0.573 e. The summed E-state index contributed by atoms with van der Waals surface area (Å²) in [5.41, 5.74) is 0.697. The third kappa shape index (κ3) is 4.93. The zero-order valence-electron chi connectivity index (χ0n) is 8.75. The van der Waals surface area contributed by atoms with E-state index in [0.29, 0.717) is 5.56 Å². The van der Waals surface area contributed by atoms with Crippen molar-refractivity contribution >= 4 is 5.71 Å². The molecular weight excluding hydrogens is 235 g/mol. The van der Waals surface area contributed by atoms with Gasteiger partial charge < -0.3 is 9.94 Å². The summed E-state index contributed by atoms with van der Waals surface area (Å²) in [5.74, 6) is 4.80. The second-order valence-electron chi connectivity index (χ2n) is 3.01. The summed E-state index contributed by atoms with van der Waals surface area (Å²) in [7, 11) is 0. The Morgan fingerprint density at radius 1 is 1.29 bits per heavy atom. The Hall–Kier alpha value is -2.16. The molecule has 1 aromatic carbocycles. The van der Waals surface area contributed by atoms with Gasteiger partial charge in [-0.2, -0.15) is 0 Å². The zero-order valence-corrected chi connectivity index (χ0v) is 8.75. The Bertz CT molecular complexity index is 466. The fourth-order valence-corrected chi connectivity index (χ4v) is 0.928. The Labute approximate surface area is 95.5 Å². The molecule has 0 saturated heterocycles. The van der Waals surface area contributed by atoms with E-state index in [9.17, 15) is 13.2 Å². The summed E-state index contributed by atoms with van der Waals surface area (Å²) in [5, 5.41) is 11.2. The molecule has 90 valence electrons. The highest BCUT2D eigenvalue weighted by atomic mass is 19.4. The van der Waals surface area contributed by atoms with Gasteiger partial charge in [0.25, 0.3) is 0 Å². The number of ether oxygens (including phenoxy) is 1. The summed E-state index contributed by atoms with van der Waals surface area (Å²) < 4.78 is 39.2. The average Bonchev–Trinajstić information content (AvgIpc) is 2.25. The van der Waals surface area contributed by atoms with Crippen LogP contribution in [0.15, 0.2) is 29.4 Å². The first-order valence-electron chi connectivity index (χ1n) is 4.47. The number of alkyl halides is 3. The van der Waals surface area contributed by atoms with E-state index in [1.165, 1.54) is 19.1 Å². The number of rotatable bonds is 1. The van der Waals surface area contributed by atoms with Gasteiger partial charge >= 0.3 is 6.36 Å². The number of hydrogen-bond acceptors (Lipinski definition) is 3. The van der Waals surface area contributed by atoms with E-state index in [4.69, 9.17) is 5.21 Å². The molecular formula is C11H8F3NO2. The highest BCUT2D eigenvalue weighted by Crippen LogP contribution is 2.22. The van der Waals surface area contributed by atoms with Gasteiger partial charge in [-0.15, -0.1) is 13.2 Å². The number of nitrogens with zero attached hydrogens (tertiary/aromatic N) is 1. The summed E-state index contributed by atoms with van der Waals surface area (Å²) >= 11 is 0. The minimum absolute atomic E-state index is 0.209. The van der Waals surface area contributed by atoms with Crippen LogP contribution >= 0.6 is 0 Å². The van der Waals surface area contributed by atoms with Gasteiger partial charge in [0.2, 0.25) is 0 Å². The maximum absolute atomic E-state index is 11.8. The van der Waals surface area contributed by atoms with Crippen molar-refractivity contribution in [3.63, 3.8) is 0 Å². The van der Waals surface area contributed by atoms with E-state index in [0.717, 1.165) is 12.1 Å². The van der Waals surface area contributed by atoms with Crippen LogP contribution < -0.4 is 4.74 Å². The van der Waals surface area contributed by atoms with Crippen molar-refractivity contribution in [2.24, 2.45) is 5.16 Å². The second kappa shape index (κ2) is 5.25. The minimum atomic E-state index is -4.70. The molecule has 0 aromatic heterocycles. The van der Waals surface area contributed by atoms with E-state index >= 15 is 0 Å². The highest BCUT2D eigenvalue weighted by Gasteiger charge is 2.30. The quantitative estimate of drug-likeness (QED) is 0.356. The van der Waals surface area contributed by atoms with Crippen LogP contribution in [0, 0.1) is 11.8 Å². The molecule has 1 aromatic rings. The van der Waals surface area contributed by atoms with Crippen LogP contribution in [0.3, 0.4) is 0 Å². The lowest BCUT2D eigenvalue weighted by Gasteiger charge is -2.07. The highest BCUT2D eigenvalue weighted by molar-refractivity contribution is 5.98. The molecule has 3 nitrogen and oxygen atoms in total. The zero-order chi connectivity index (χ0) is 12.9. The lowest BCUT2D eigenvalue weighted by atomic mass is 10.2. The molecule has 0 saturated carbocycles. The van der Waals surface area contributed by atoms with Gasteiger partial charge in [-0.05, 0) is 37.1 Å². The molecule has 17 heavy (non-hydrogen) atoms. The number of hydrogen-bond donors (Lipinski definition) is 1. The van der Waals surface area contributed by atoms with Gasteiger partial charge in [0.05, 0.1) is 0 Å². The Morgan fingerprint density at radius 2 is 1.88 bits per heavy atom. The van der Waals surface area contributed by atoms with Crippen molar-refractivity contribution in [3.8, 4) is 17.6 Å². The Kier molecular flexibility index (Phi) is 3.99. The molecule has 0 bridgehead atoms. The minimum Gasteiger partial charge on any atom is -0.410 e. The van der Waals surface area contributed by atoms with E-state index in [-0.39, 0.29) is 11.5 Å². The van der Waals surface area contributed by atoms with Crippen LogP contribution in [-0.4, -0.2) is 17.3 Å². The van der Waals surface area contributed by atoms with Gasteiger partial charge in [-0.25, -0.2) is 0 Å². The molecule has 0 atom stereocenters. The fourth-order valence-electron chi connectivity index (χ4n) is 0.928. The summed E-state index contributed by atoms with van der Waals surface area (Å²) in [6.07, 6.45) is -4.70. The summed E-state index contributed by atoms with van der Waals surface area (Å²) in [6, 6.07) is 5.06. The van der Waals surface area contributed by atoms with E-state index < -0.39 is 6.36 Å². The topological polar surface area (TPSA) is 41.8 Å². The van der Waals surface area contributed by atoms with Crippen LogP contribution in [-0.2, 0) is 0 Å². The van der Waals surface area contributed by atoms with Crippen molar-refractivity contribution in [2.45, 2.75) is 13.3 Å². The average molecular weight is 243 g/mol. The van der Waals surface area contributed by atoms with Gasteiger partial charge in [-0.3, -0.25) is 0 Å². The first-order chi connectivity index (χ1) is 7.90. The molecule has 0 heterocycles. The van der Waals surface area contributed by atoms with Crippen molar-refractivity contribution in [2.75, 3.05) is 0 Å². The molecule has 0 amide bonds. The molecule has 1 N–H and O–H groups in total. The van der Waals surface area contributed by atoms with Crippen molar-refractivity contribution in [1.82, 2.24) is 0 Å². The number of oxime groups is 1. The Balaban J connectivity index is 2.77. The molecule has 0 aliphatic rings. The molecule has 0 spiro atoms. The van der Waals surface area contributed by atoms with Gasteiger partial charge in [0, 0.05) is 5.56 Å². The van der Waals surface area contributed by atoms with Crippen LogP contribution in [0.1, 0.15) is 12.5 Å². The van der Waals surface area contributed by atoms with Crippen molar-refractivity contribution < 1.29 is 23.1 Å². The summed E-state index contributed by atoms with van der Waals surface area (Å²) in [4.78, 5) is 0. The molecule has 0 aliphatic carbocycles. The number of benzene rings is 1. The lowest BCUT2D eigenvalue weighted by molar-refractivity contribution is -0.274. The standard InChI is InChI=1S/C11H8F3NO2/c1-8(15-16)2-3-9-4-6-10(7-5-9)17-11(12,13)14/h4-7,16H,1H3. The predicted molar refractivity (Wildman–Crippen MR) is 54.9 cm³/mol. The normalized spacial score (nSPS) is 11.6. The van der Waals surface area contributed by atoms with Crippen LogP contribution in [0.25, 0.3) is 0 Å². The van der Waals surface area contributed by atoms with Crippen LogP contribution in [0.2, 0.25) is 0 Å². The molecule has 0 unspecified atom stereocenters. The Morgan fingerprint density at radius 3 is 2.35 bits per heavy atom. The van der Waals surface area contributed by atoms with E-state index in [1.54, 1.807) is 0 Å². The number of halogens is 3. The molecule has 0 fully saturated rings. The van der Waals surface area contributed by atoms with Crippen LogP contribution in [0.4, 0.5) is 13.2 Å². The monoisotopic (exact) mass is 243 g/mol. The molecule has 6 heteroatoms. The van der Waals surface area contributed by atoms with Crippen LogP contribution in [0.5, 0.6) is 5.75 Å². The maximum atomic E-state index is 11.8. The first kappa shape index (κ1) is 12.9. The fraction of sp³-hybridized carbons (Fsp3) is 0.182. The molecule has 0 aliphatic heterocycles. The maximum Gasteiger partial charge on any atom is 0.573 e. The van der Waals surface area contributed by atoms with E-state index in [2.05, 4.69) is 21.7 Å². The molecule has 0 radical (unpaired) electrons. The van der Waals surface area contributed by atoms with E-state index in [1.807, 2.05) is 0 Å². The van der Waals surface area contributed by atoms with Gasteiger partial charge in [0.1, 0.15) is 11.5 Å². The summed E-state index contributed by atoms with van der Waals surface area (Å²) in [6.45, 7) is 1.49. The molecule has 1 rings (SSSR count). The SMILES string of the molecule is CC(C#Cc1ccc(OC(F)(F)F)cc1)=NO. The second-order valence-corrected chi connectivity index (χ2v) is 3.01.